The van der Waals surface area contributed by atoms with Crippen molar-refractivity contribution in [2.75, 3.05) is 17.7 Å². The first-order valence-corrected chi connectivity index (χ1v) is 6.78. The van der Waals surface area contributed by atoms with Crippen molar-refractivity contribution < 1.29 is 4.74 Å². The predicted molar refractivity (Wildman–Crippen MR) is 84.8 cm³/mol. The molecule has 2 aromatic carbocycles. The van der Waals surface area contributed by atoms with E-state index in [-0.39, 0.29) is 5.95 Å². The van der Waals surface area contributed by atoms with Crippen molar-refractivity contribution in [3.05, 3.63) is 48.5 Å². The summed E-state index contributed by atoms with van der Waals surface area (Å²) in [4.78, 5) is 8.51. The monoisotopic (exact) mass is 280 g/mol. The van der Waals surface area contributed by atoms with Crippen LogP contribution in [0.1, 0.15) is 6.92 Å². The lowest BCUT2D eigenvalue weighted by Gasteiger charge is -2.10. The molecule has 0 unspecified atom stereocenters. The number of nitrogens with zero attached hydrogens (tertiary/aromatic N) is 2. The molecule has 3 rings (SSSR count). The smallest absolute Gasteiger partial charge is 0.222 e. The Kier molecular flexibility index (Phi) is 3.55. The van der Waals surface area contributed by atoms with E-state index in [1.807, 2.05) is 55.5 Å². The Morgan fingerprint density at radius 1 is 1.10 bits per heavy atom. The molecule has 3 aromatic rings. The van der Waals surface area contributed by atoms with Gasteiger partial charge < -0.3 is 15.8 Å². The molecule has 0 radical (unpaired) electrons. The minimum atomic E-state index is 0.247. The van der Waals surface area contributed by atoms with Crippen LogP contribution in [-0.2, 0) is 0 Å². The molecule has 1 heterocycles. The molecule has 0 aliphatic rings. The number of hydrogen-bond acceptors (Lipinski definition) is 5. The summed E-state index contributed by atoms with van der Waals surface area (Å²) < 4.78 is 5.50. The van der Waals surface area contributed by atoms with E-state index >= 15 is 0 Å². The number of nitrogens with one attached hydrogen (secondary N) is 1. The van der Waals surface area contributed by atoms with Crippen LogP contribution in [0.5, 0.6) is 5.75 Å². The average molecular weight is 280 g/mol. The van der Waals surface area contributed by atoms with Crippen LogP contribution in [0.15, 0.2) is 48.5 Å². The summed E-state index contributed by atoms with van der Waals surface area (Å²) in [6.07, 6.45) is 0. The molecule has 106 valence electrons. The molecular weight excluding hydrogens is 264 g/mol. The van der Waals surface area contributed by atoms with Gasteiger partial charge in [0.2, 0.25) is 5.95 Å². The van der Waals surface area contributed by atoms with Crippen molar-refractivity contribution in [1.29, 1.82) is 0 Å². The minimum Gasteiger partial charge on any atom is -0.494 e. The summed E-state index contributed by atoms with van der Waals surface area (Å²) >= 11 is 0. The Bertz CT molecular complexity index is 773. The van der Waals surface area contributed by atoms with Crippen LogP contribution < -0.4 is 15.8 Å². The highest BCUT2D eigenvalue weighted by atomic mass is 16.5. The molecule has 0 aliphatic heterocycles. The highest BCUT2D eigenvalue weighted by Crippen LogP contribution is 2.26. The number of aromatic nitrogens is 2. The van der Waals surface area contributed by atoms with Crippen molar-refractivity contribution in [2.24, 2.45) is 0 Å². The van der Waals surface area contributed by atoms with Gasteiger partial charge in [-0.1, -0.05) is 18.2 Å². The van der Waals surface area contributed by atoms with Crippen LogP contribution >= 0.6 is 0 Å². The van der Waals surface area contributed by atoms with Gasteiger partial charge in [-0.15, -0.1) is 0 Å². The summed E-state index contributed by atoms with van der Waals surface area (Å²) in [5.41, 5.74) is 7.48. The van der Waals surface area contributed by atoms with Gasteiger partial charge in [-0.05, 0) is 31.2 Å². The lowest BCUT2D eigenvalue weighted by molar-refractivity contribution is 0.340. The lowest BCUT2D eigenvalue weighted by atomic mass is 10.2. The number of rotatable bonds is 4. The highest BCUT2D eigenvalue weighted by Gasteiger charge is 2.06. The third-order valence-corrected chi connectivity index (χ3v) is 3.03. The topological polar surface area (TPSA) is 73.1 Å². The largest absolute Gasteiger partial charge is 0.494 e. The zero-order valence-corrected chi connectivity index (χ0v) is 11.7. The van der Waals surface area contributed by atoms with Gasteiger partial charge in [-0.25, -0.2) is 4.98 Å². The summed E-state index contributed by atoms with van der Waals surface area (Å²) in [5.74, 6) is 1.75. The maximum atomic E-state index is 5.77. The van der Waals surface area contributed by atoms with Gasteiger partial charge in [-0.2, -0.15) is 4.98 Å². The van der Waals surface area contributed by atoms with E-state index < -0.39 is 0 Å². The zero-order chi connectivity index (χ0) is 14.7. The second kappa shape index (κ2) is 5.66. The third-order valence-electron chi connectivity index (χ3n) is 3.03. The Morgan fingerprint density at radius 2 is 1.95 bits per heavy atom. The van der Waals surface area contributed by atoms with Crippen LogP contribution in [0.3, 0.4) is 0 Å². The molecule has 3 N–H and O–H groups in total. The maximum absolute atomic E-state index is 5.77. The molecule has 1 aromatic heterocycles. The number of ether oxygens (including phenoxy) is 1. The van der Waals surface area contributed by atoms with Gasteiger partial charge in [-0.3, -0.25) is 0 Å². The summed E-state index contributed by atoms with van der Waals surface area (Å²) in [6, 6.07) is 15.5. The van der Waals surface area contributed by atoms with Gasteiger partial charge in [0.15, 0.2) is 0 Å². The second-order valence-corrected chi connectivity index (χ2v) is 4.53. The summed E-state index contributed by atoms with van der Waals surface area (Å²) in [6.45, 7) is 2.59. The molecule has 0 saturated carbocycles. The number of hydrogen-bond donors (Lipinski definition) is 2. The van der Waals surface area contributed by atoms with E-state index in [9.17, 15) is 0 Å². The van der Waals surface area contributed by atoms with E-state index in [1.165, 1.54) is 0 Å². The standard InChI is InChI=1S/C16H16N4O/c1-2-21-12-7-5-6-11(10-12)18-15-13-8-3-4-9-14(13)19-16(17)20-15/h3-10H,2H2,1H3,(H3,17,18,19,20). The first-order chi connectivity index (χ1) is 10.3. The fraction of sp³-hybridized carbons (Fsp3) is 0.125. The fourth-order valence-electron chi connectivity index (χ4n) is 2.16. The van der Waals surface area contributed by atoms with Crippen LogP contribution in [0.25, 0.3) is 10.9 Å². The molecular formula is C16H16N4O. The molecule has 5 nitrogen and oxygen atoms in total. The quantitative estimate of drug-likeness (QED) is 0.766. The van der Waals surface area contributed by atoms with Crippen molar-refractivity contribution >= 4 is 28.4 Å². The van der Waals surface area contributed by atoms with Crippen molar-refractivity contribution in [1.82, 2.24) is 9.97 Å². The molecule has 0 fully saturated rings. The molecule has 5 heteroatoms. The van der Waals surface area contributed by atoms with Gasteiger partial charge in [0.1, 0.15) is 11.6 Å². The molecule has 0 saturated heterocycles. The van der Waals surface area contributed by atoms with Crippen molar-refractivity contribution in [3.63, 3.8) is 0 Å². The SMILES string of the molecule is CCOc1cccc(Nc2nc(N)nc3ccccc23)c1. The number of nitrogen functional groups attached to an aromatic ring is 1. The van der Waals surface area contributed by atoms with Crippen LogP contribution in [-0.4, -0.2) is 16.6 Å². The number of para-hydroxylation sites is 1. The molecule has 0 bridgehead atoms. The Morgan fingerprint density at radius 3 is 2.81 bits per heavy atom. The van der Waals surface area contributed by atoms with E-state index in [1.54, 1.807) is 0 Å². The maximum Gasteiger partial charge on any atom is 0.222 e. The fourth-order valence-corrected chi connectivity index (χ4v) is 2.16. The highest BCUT2D eigenvalue weighted by molar-refractivity contribution is 5.91. The Hall–Kier alpha value is -2.82. The van der Waals surface area contributed by atoms with E-state index in [0.29, 0.717) is 12.4 Å². The number of anilines is 3. The normalized spacial score (nSPS) is 10.5. The third kappa shape index (κ3) is 2.86. The van der Waals surface area contributed by atoms with E-state index in [0.717, 1.165) is 22.3 Å². The molecule has 0 atom stereocenters. The molecule has 0 aliphatic carbocycles. The number of benzene rings is 2. The van der Waals surface area contributed by atoms with Gasteiger partial charge in [0.25, 0.3) is 0 Å². The average Bonchev–Trinajstić information content (AvgIpc) is 2.48. The molecule has 0 amide bonds. The van der Waals surface area contributed by atoms with Gasteiger partial charge in [0, 0.05) is 17.1 Å². The lowest BCUT2D eigenvalue weighted by Crippen LogP contribution is -2.01. The summed E-state index contributed by atoms with van der Waals surface area (Å²) in [5, 5.41) is 4.20. The first kappa shape index (κ1) is 13.2. The van der Waals surface area contributed by atoms with Crippen LogP contribution in [0, 0.1) is 0 Å². The van der Waals surface area contributed by atoms with Crippen molar-refractivity contribution in [3.8, 4) is 5.75 Å². The van der Waals surface area contributed by atoms with Gasteiger partial charge in [0.05, 0.1) is 12.1 Å². The number of nitrogens with two attached hydrogens (primary N) is 1. The first-order valence-electron chi connectivity index (χ1n) is 6.78. The number of fused-ring (bicyclic) bond motifs is 1. The van der Waals surface area contributed by atoms with Gasteiger partial charge >= 0.3 is 0 Å². The minimum absolute atomic E-state index is 0.247. The summed E-state index contributed by atoms with van der Waals surface area (Å²) in [7, 11) is 0. The molecule has 0 spiro atoms. The van der Waals surface area contributed by atoms with Crippen LogP contribution in [0.4, 0.5) is 17.5 Å². The molecule has 21 heavy (non-hydrogen) atoms. The van der Waals surface area contributed by atoms with E-state index in [4.69, 9.17) is 10.5 Å². The predicted octanol–water partition coefficient (Wildman–Crippen LogP) is 3.35. The van der Waals surface area contributed by atoms with Crippen LogP contribution in [0.2, 0.25) is 0 Å². The second-order valence-electron chi connectivity index (χ2n) is 4.53. The Labute approximate surface area is 122 Å². The van der Waals surface area contributed by atoms with Crippen molar-refractivity contribution in [2.45, 2.75) is 6.92 Å². The van der Waals surface area contributed by atoms with E-state index in [2.05, 4.69) is 15.3 Å². The Balaban J connectivity index is 1.99. The zero-order valence-electron chi connectivity index (χ0n) is 11.7.